The molecular formula is C19H22O6. The number of carbonyl (C=O) groups is 2. The smallest absolute Gasteiger partial charge is 0.333 e. The molecule has 25 heavy (non-hydrogen) atoms. The highest BCUT2D eigenvalue weighted by atomic mass is 17.2. The quantitative estimate of drug-likeness (QED) is 0.162. The maximum Gasteiger partial charge on any atom is 0.333 e. The molecular weight excluding hydrogens is 324 g/mol. The Balaban J connectivity index is 1.78. The van der Waals surface area contributed by atoms with Crippen LogP contribution in [0.2, 0.25) is 0 Å². The number of hydrogen-bond donors (Lipinski definition) is 0. The number of allylic oxidation sites excluding steroid dienone is 1. The van der Waals surface area contributed by atoms with Gasteiger partial charge < -0.3 is 14.4 Å². The number of para-hydroxylation sites is 1. The third-order valence-corrected chi connectivity index (χ3v) is 3.94. The van der Waals surface area contributed by atoms with E-state index in [0.29, 0.717) is 17.7 Å². The van der Waals surface area contributed by atoms with Gasteiger partial charge in [0, 0.05) is 5.57 Å². The number of esters is 2. The molecule has 2 rings (SSSR count). The van der Waals surface area contributed by atoms with Crippen LogP contribution < -0.4 is 4.89 Å². The largest absolute Gasteiger partial charge is 0.462 e. The van der Waals surface area contributed by atoms with Crippen molar-refractivity contribution in [3.05, 3.63) is 55.1 Å². The predicted octanol–water partition coefficient (Wildman–Crippen LogP) is 2.85. The summed E-state index contributed by atoms with van der Waals surface area (Å²) in [7, 11) is 0. The van der Waals surface area contributed by atoms with Gasteiger partial charge in [0.25, 0.3) is 0 Å². The van der Waals surface area contributed by atoms with Crippen molar-refractivity contribution in [2.75, 3.05) is 19.8 Å². The molecule has 134 valence electrons. The summed E-state index contributed by atoms with van der Waals surface area (Å²) in [6.07, 6.45) is 2.28. The summed E-state index contributed by atoms with van der Waals surface area (Å²) in [6.45, 7) is 8.76. The number of hydrogen-bond acceptors (Lipinski definition) is 6. The van der Waals surface area contributed by atoms with Crippen molar-refractivity contribution >= 4 is 11.9 Å². The number of rotatable bonds is 10. The second-order valence-electron chi connectivity index (χ2n) is 5.91. The number of ether oxygens (including phenoxy) is 2. The molecule has 0 amide bonds. The van der Waals surface area contributed by atoms with Gasteiger partial charge in [0.2, 0.25) is 0 Å². The van der Waals surface area contributed by atoms with E-state index < -0.39 is 17.4 Å². The summed E-state index contributed by atoms with van der Waals surface area (Å²) in [6, 6.07) is 9.00. The Labute approximate surface area is 146 Å². The first-order valence-corrected chi connectivity index (χ1v) is 7.96. The van der Waals surface area contributed by atoms with Gasteiger partial charge in [0.05, 0.1) is 0 Å². The van der Waals surface area contributed by atoms with Gasteiger partial charge >= 0.3 is 11.9 Å². The Morgan fingerprint density at radius 2 is 1.92 bits per heavy atom. The maximum atomic E-state index is 12.4. The second kappa shape index (κ2) is 8.48. The molecule has 1 aromatic carbocycles. The Hall–Kier alpha value is -2.60. The lowest BCUT2D eigenvalue weighted by Gasteiger charge is -2.15. The van der Waals surface area contributed by atoms with Gasteiger partial charge in [-0.05, 0) is 31.4 Å². The molecule has 2 unspecified atom stereocenters. The van der Waals surface area contributed by atoms with E-state index >= 15 is 0 Å². The van der Waals surface area contributed by atoms with Crippen LogP contribution in [0.5, 0.6) is 5.75 Å². The molecule has 6 nitrogen and oxygen atoms in total. The molecule has 0 aromatic heterocycles. The van der Waals surface area contributed by atoms with E-state index in [1.54, 1.807) is 25.1 Å². The van der Waals surface area contributed by atoms with E-state index in [2.05, 4.69) is 13.2 Å². The van der Waals surface area contributed by atoms with E-state index in [9.17, 15) is 9.59 Å². The summed E-state index contributed by atoms with van der Waals surface area (Å²) in [5.74, 6) is -0.410. The molecule has 1 aliphatic rings. The standard InChI is InChI=1S/C19H22O6/c1-4-15-12-19(15,13-24-25-16-8-6-5-7-9-16)18(21)23-11-10-22-17(20)14(2)3/h4-9,15H,1-2,10-13H2,3H3. The normalized spacial score (nSPS) is 21.1. The monoisotopic (exact) mass is 346 g/mol. The van der Waals surface area contributed by atoms with Crippen LogP contribution in [0.3, 0.4) is 0 Å². The van der Waals surface area contributed by atoms with Crippen LogP contribution in [0.4, 0.5) is 0 Å². The van der Waals surface area contributed by atoms with Crippen LogP contribution >= 0.6 is 0 Å². The van der Waals surface area contributed by atoms with Crippen LogP contribution in [0, 0.1) is 11.3 Å². The van der Waals surface area contributed by atoms with Crippen LogP contribution in [-0.2, 0) is 24.0 Å². The third kappa shape index (κ3) is 4.93. The average Bonchev–Trinajstić information content (AvgIpc) is 3.34. The molecule has 1 fully saturated rings. The lowest BCUT2D eigenvalue weighted by Crippen LogP contribution is -2.28. The van der Waals surface area contributed by atoms with Crippen molar-refractivity contribution in [2.45, 2.75) is 13.3 Å². The zero-order valence-corrected chi connectivity index (χ0v) is 14.2. The van der Waals surface area contributed by atoms with Crippen molar-refractivity contribution in [2.24, 2.45) is 11.3 Å². The summed E-state index contributed by atoms with van der Waals surface area (Å²) >= 11 is 0. The van der Waals surface area contributed by atoms with Crippen LogP contribution in [0.1, 0.15) is 13.3 Å². The van der Waals surface area contributed by atoms with E-state index in [1.165, 1.54) is 0 Å². The van der Waals surface area contributed by atoms with E-state index in [1.807, 2.05) is 18.2 Å². The van der Waals surface area contributed by atoms with Crippen molar-refractivity contribution < 1.29 is 28.8 Å². The molecule has 0 heterocycles. The zero-order chi connectivity index (χ0) is 18.3. The van der Waals surface area contributed by atoms with Gasteiger partial charge in [0.15, 0.2) is 5.75 Å². The van der Waals surface area contributed by atoms with Gasteiger partial charge in [-0.15, -0.1) is 6.58 Å². The molecule has 1 aromatic rings. The molecule has 6 heteroatoms. The molecule has 0 saturated heterocycles. The Morgan fingerprint density at radius 3 is 2.52 bits per heavy atom. The molecule has 2 atom stereocenters. The topological polar surface area (TPSA) is 71.1 Å². The SMILES string of the molecule is C=CC1CC1(COOc1ccccc1)C(=O)OCCOC(=O)C(=C)C. The first-order chi connectivity index (χ1) is 12.0. The van der Waals surface area contributed by atoms with E-state index in [-0.39, 0.29) is 25.7 Å². The van der Waals surface area contributed by atoms with Crippen molar-refractivity contribution in [1.82, 2.24) is 0 Å². The van der Waals surface area contributed by atoms with Gasteiger partial charge in [-0.2, -0.15) is 4.89 Å². The minimum Gasteiger partial charge on any atom is -0.462 e. The van der Waals surface area contributed by atoms with Crippen LogP contribution in [0.25, 0.3) is 0 Å². The van der Waals surface area contributed by atoms with Crippen molar-refractivity contribution in [3.63, 3.8) is 0 Å². The Morgan fingerprint density at radius 1 is 1.24 bits per heavy atom. The number of carbonyl (C=O) groups excluding carboxylic acids is 2. The third-order valence-electron chi connectivity index (χ3n) is 3.94. The van der Waals surface area contributed by atoms with Gasteiger partial charge in [0.1, 0.15) is 25.2 Å². The van der Waals surface area contributed by atoms with Gasteiger partial charge in [-0.1, -0.05) is 30.9 Å². The highest BCUT2D eigenvalue weighted by Gasteiger charge is 2.60. The first kappa shape index (κ1) is 18.7. The van der Waals surface area contributed by atoms with Gasteiger partial charge in [-0.3, -0.25) is 4.79 Å². The number of benzene rings is 1. The summed E-state index contributed by atoms with van der Waals surface area (Å²) in [4.78, 5) is 34.0. The fourth-order valence-electron chi connectivity index (χ4n) is 2.32. The molecule has 0 aliphatic heterocycles. The van der Waals surface area contributed by atoms with E-state index in [4.69, 9.17) is 19.2 Å². The maximum absolute atomic E-state index is 12.4. The van der Waals surface area contributed by atoms with Crippen molar-refractivity contribution in [1.29, 1.82) is 0 Å². The highest BCUT2D eigenvalue weighted by molar-refractivity contribution is 5.87. The predicted molar refractivity (Wildman–Crippen MR) is 90.5 cm³/mol. The second-order valence-corrected chi connectivity index (χ2v) is 5.91. The molecule has 0 N–H and O–H groups in total. The molecule has 1 saturated carbocycles. The minimum absolute atomic E-state index is 0.0202. The molecule has 0 radical (unpaired) electrons. The summed E-state index contributed by atoms with van der Waals surface area (Å²) in [5.41, 5.74) is -0.502. The fourth-order valence-corrected chi connectivity index (χ4v) is 2.32. The van der Waals surface area contributed by atoms with Gasteiger partial charge in [-0.25, -0.2) is 4.79 Å². The first-order valence-electron chi connectivity index (χ1n) is 7.96. The minimum atomic E-state index is -0.797. The molecule has 1 aliphatic carbocycles. The van der Waals surface area contributed by atoms with E-state index in [0.717, 1.165) is 0 Å². The molecule has 0 spiro atoms. The lowest BCUT2D eigenvalue weighted by molar-refractivity contribution is -0.224. The summed E-state index contributed by atoms with van der Waals surface area (Å²) < 4.78 is 10.1. The van der Waals surface area contributed by atoms with Crippen molar-refractivity contribution in [3.8, 4) is 5.75 Å². The molecule has 0 bridgehead atoms. The van der Waals surface area contributed by atoms with Crippen LogP contribution in [0.15, 0.2) is 55.1 Å². The Kier molecular flexibility index (Phi) is 6.36. The average molecular weight is 346 g/mol. The summed E-state index contributed by atoms with van der Waals surface area (Å²) in [5, 5.41) is 0. The zero-order valence-electron chi connectivity index (χ0n) is 14.2. The fraction of sp³-hybridized carbons (Fsp3) is 0.368. The lowest BCUT2D eigenvalue weighted by atomic mass is 10.1. The highest BCUT2D eigenvalue weighted by Crippen LogP contribution is 2.54. The van der Waals surface area contributed by atoms with Crippen LogP contribution in [-0.4, -0.2) is 31.8 Å². The Bertz CT molecular complexity index is 639.